The van der Waals surface area contributed by atoms with E-state index in [1.807, 2.05) is 12.1 Å². The molecule has 0 saturated heterocycles. The van der Waals surface area contributed by atoms with E-state index in [2.05, 4.69) is 37.9 Å². The zero-order chi connectivity index (χ0) is 13.5. The fraction of sp³-hybridized carbons (Fsp3) is 0.533. The Kier molecular flexibility index (Phi) is 6.30. The summed E-state index contributed by atoms with van der Waals surface area (Å²) in [6, 6.07) is 8.19. The molecule has 100 valence electrons. The molecule has 0 amide bonds. The van der Waals surface area contributed by atoms with E-state index >= 15 is 0 Å². The second-order valence-corrected chi connectivity index (χ2v) is 5.78. The highest BCUT2D eigenvalue weighted by Gasteiger charge is 2.03. The Morgan fingerprint density at radius 3 is 2.72 bits per heavy atom. The molecule has 0 bridgehead atoms. The van der Waals surface area contributed by atoms with Gasteiger partial charge in [-0.15, -0.1) is 0 Å². The maximum atomic E-state index is 5.64. The third-order valence-corrected chi connectivity index (χ3v) is 3.22. The van der Waals surface area contributed by atoms with Gasteiger partial charge in [0, 0.05) is 12.1 Å². The molecule has 3 heteroatoms. The Morgan fingerprint density at radius 1 is 1.39 bits per heavy atom. The SMILES string of the molecule is CC(C)CCCN(C)Cc1cccc(C(N)=S)c1. The van der Waals surface area contributed by atoms with Gasteiger partial charge in [-0.3, -0.25) is 0 Å². The van der Waals surface area contributed by atoms with Gasteiger partial charge >= 0.3 is 0 Å². The summed E-state index contributed by atoms with van der Waals surface area (Å²) in [5.41, 5.74) is 7.87. The smallest absolute Gasteiger partial charge is 0.103 e. The van der Waals surface area contributed by atoms with Crippen LogP contribution in [0, 0.1) is 5.92 Å². The molecule has 0 saturated carbocycles. The van der Waals surface area contributed by atoms with Crippen molar-refractivity contribution in [1.29, 1.82) is 0 Å². The summed E-state index contributed by atoms with van der Waals surface area (Å²) in [7, 11) is 2.16. The van der Waals surface area contributed by atoms with Crippen molar-refractivity contribution in [2.24, 2.45) is 11.7 Å². The fourth-order valence-corrected chi connectivity index (χ4v) is 2.11. The van der Waals surface area contributed by atoms with E-state index < -0.39 is 0 Å². The van der Waals surface area contributed by atoms with Crippen LogP contribution < -0.4 is 5.73 Å². The number of nitrogens with two attached hydrogens (primary N) is 1. The standard InChI is InChI=1S/C15H24N2S/c1-12(2)6-5-9-17(3)11-13-7-4-8-14(10-13)15(16)18/h4,7-8,10,12H,5-6,9,11H2,1-3H3,(H2,16,18). The number of thiocarbonyl (C=S) groups is 1. The lowest BCUT2D eigenvalue weighted by Gasteiger charge is -2.17. The van der Waals surface area contributed by atoms with Crippen LogP contribution >= 0.6 is 12.2 Å². The van der Waals surface area contributed by atoms with E-state index in [9.17, 15) is 0 Å². The van der Waals surface area contributed by atoms with Gasteiger partial charge in [-0.25, -0.2) is 0 Å². The van der Waals surface area contributed by atoms with Gasteiger partial charge in [0.1, 0.15) is 4.99 Å². The lowest BCUT2D eigenvalue weighted by molar-refractivity contribution is 0.310. The number of rotatable bonds is 7. The van der Waals surface area contributed by atoms with Gasteiger partial charge in [-0.2, -0.15) is 0 Å². The van der Waals surface area contributed by atoms with Crippen LogP contribution in [-0.4, -0.2) is 23.5 Å². The van der Waals surface area contributed by atoms with Crippen LogP contribution in [-0.2, 0) is 6.54 Å². The van der Waals surface area contributed by atoms with Crippen molar-refractivity contribution in [3.05, 3.63) is 35.4 Å². The van der Waals surface area contributed by atoms with Gasteiger partial charge in [-0.1, -0.05) is 44.3 Å². The van der Waals surface area contributed by atoms with Crippen molar-refractivity contribution < 1.29 is 0 Å². The zero-order valence-electron chi connectivity index (χ0n) is 11.6. The van der Waals surface area contributed by atoms with Crippen LogP contribution in [0.3, 0.4) is 0 Å². The minimum Gasteiger partial charge on any atom is -0.389 e. The lowest BCUT2D eigenvalue weighted by Crippen LogP contribution is -2.20. The molecule has 2 nitrogen and oxygen atoms in total. The number of hydrogen-bond acceptors (Lipinski definition) is 2. The first kappa shape index (κ1) is 15.1. The first-order valence-corrected chi connectivity index (χ1v) is 6.97. The van der Waals surface area contributed by atoms with Crippen LogP contribution in [0.2, 0.25) is 0 Å². The monoisotopic (exact) mass is 264 g/mol. The van der Waals surface area contributed by atoms with Gasteiger partial charge in [-0.05, 0) is 44.0 Å². The summed E-state index contributed by atoms with van der Waals surface area (Å²) in [6.45, 7) is 6.63. The van der Waals surface area contributed by atoms with Gasteiger partial charge < -0.3 is 10.6 Å². The maximum Gasteiger partial charge on any atom is 0.103 e. The van der Waals surface area contributed by atoms with Crippen molar-refractivity contribution in [3.63, 3.8) is 0 Å². The molecule has 0 heterocycles. The van der Waals surface area contributed by atoms with E-state index in [1.165, 1.54) is 18.4 Å². The molecule has 0 aliphatic heterocycles. The quantitative estimate of drug-likeness (QED) is 0.767. The molecule has 0 spiro atoms. The normalized spacial score (nSPS) is 11.2. The van der Waals surface area contributed by atoms with Gasteiger partial charge in [0.25, 0.3) is 0 Å². The molecule has 0 radical (unpaired) electrons. The van der Waals surface area contributed by atoms with Crippen LogP contribution in [0.5, 0.6) is 0 Å². The summed E-state index contributed by atoms with van der Waals surface area (Å²) in [5, 5.41) is 0. The van der Waals surface area contributed by atoms with Crippen molar-refractivity contribution in [2.45, 2.75) is 33.2 Å². The van der Waals surface area contributed by atoms with Crippen LogP contribution in [0.25, 0.3) is 0 Å². The number of nitrogens with zero attached hydrogens (tertiary/aromatic N) is 1. The highest BCUT2D eigenvalue weighted by Crippen LogP contribution is 2.09. The zero-order valence-corrected chi connectivity index (χ0v) is 12.5. The van der Waals surface area contributed by atoms with E-state index in [0.29, 0.717) is 4.99 Å². The molecule has 0 unspecified atom stereocenters. The van der Waals surface area contributed by atoms with Gasteiger partial charge in [0.2, 0.25) is 0 Å². The van der Waals surface area contributed by atoms with E-state index in [1.54, 1.807) is 0 Å². The predicted molar refractivity (Wildman–Crippen MR) is 82.7 cm³/mol. The molecule has 2 N–H and O–H groups in total. The van der Waals surface area contributed by atoms with Crippen molar-refractivity contribution in [1.82, 2.24) is 4.90 Å². The molecule has 1 aromatic carbocycles. The Bertz CT molecular complexity index is 388. The molecule has 0 aromatic heterocycles. The number of benzene rings is 1. The Balaban J connectivity index is 2.46. The molecule has 0 aliphatic carbocycles. The van der Waals surface area contributed by atoms with E-state index in [-0.39, 0.29) is 0 Å². The maximum absolute atomic E-state index is 5.64. The predicted octanol–water partition coefficient (Wildman–Crippen LogP) is 3.19. The molecule has 0 aliphatic rings. The topological polar surface area (TPSA) is 29.3 Å². The molecular weight excluding hydrogens is 240 g/mol. The molecule has 18 heavy (non-hydrogen) atoms. The third-order valence-electron chi connectivity index (χ3n) is 2.99. The van der Waals surface area contributed by atoms with Crippen molar-refractivity contribution in [3.8, 4) is 0 Å². The second-order valence-electron chi connectivity index (χ2n) is 5.34. The first-order chi connectivity index (χ1) is 8.49. The van der Waals surface area contributed by atoms with E-state index in [0.717, 1.165) is 24.6 Å². The van der Waals surface area contributed by atoms with Crippen LogP contribution in [0.15, 0.2) is 24.3 Å². The molecule has 1 aromatic rings. The molecular formula is C15H24N2S. The Morgan fingerprint density at radius 2 is 2.11 bits per heavy atom. The Labute approximate surface area is 116 Å². The highest BCUT2D eigenvalue weighted by atomic mass is 32.1. The highest BCUT2D eigenvalue weighted by molar-refractivity contribution is 7.80. The minimum atomic E-state index is 0.472. The van der Waals surface area contributed by atoms with Crippen LogP contribution in [0.4, 0.5) is 0 Å². The summed E-state index contributed by atoms with van der Waals surface area (Å²) in [6.07, 6.45) is 2.54. The average molecular weight is 264 g/mol. The molecule has 0 fully saturated rings. The average Bonchev–Trinajstić information content (AvgIpc) is 2.28. The lowest BCUT2D eigenvalue weighted by atomic mass is 10.1. The fourth-order valence-electron chi connectivity index (χ4n) is 1.98. The van der Waals surface area contributed by atoms with Crippen LogP contribution in [0.1, 0.15) is 37.8 Å². The summed E-state index contributed by atoms with van der Waals surface area (Å²) in [4.78, 5) is 2.82. The van der Waals surface area contributed by atoms with Gasteiger partial charge in [0.05, 0.1) is 0 Å². The number of hydrogen-bond donors (Lipinski definition) is 1. The minimum absolute atomic E-state index is 0.472. The van der Waals surface area contributed by atoms with E-state index in [4.69, 9.17) is 18.0 Å². The second kappa shape index (κ2) is 7.49. The van der Waals surface area contributed by atoms with Crippen molar-refractivity contribution >= 4 is 17.2 Å². The summed E-state index contributed by atoms with van der Waals surface area (Å²) < 4.78 is 0. The third kappa shape index (κ3) is 5.61. The molecule has 1 rings (SSSR count). The largest absolute Gasteiger partial charge is 0.389 e. The summed E-state index contributed by atoms with van der Waals surface area (Å²) >= 11 is 5.00. The van der Waals surface area contributed by atoms with Gasteiger partial charge in [0.15, 0.2) is 0 Å². The Hall–Kier alpha value is -0.930. The molecule has 0 atom stereocenters. The first-order valence-electron chi connectivity index (χ1n) is 6.56. The summed E-state index contributed by atoms with van der Waals surface area (Å²) in [5.74, 6) is 0.788. The van der Waals surface area contributed by atoms with Crippen molar-refractivity contribution in [2.75, 3.05) is 13.6 Å².